The third-order valence-electron chi connectivity index (χ3n) is 2.08. The van der Waals surface area contributed by atoms with Crippen LogP contribution in [-0.4, -0.2) is 16.7 Å². The molecule has 0 unspecified atom stereocenters. The zero-order chi connectivity index (χ0) is 11.5. The lowest BCUT2D eigenvalue weighted by molar-refractivity contribution is 0.628. The number of anilines is 2. The summed E-state index contributed by atoms with van der Waals surface area (Å²) in [6, 6.07) is 6.34. The molecule has 0 bridgehead atoms. The van der Waals surface area contributed by atoms with Crippen molar-refractivity contribution in [3.63, 3.8) is 0 Å². The topological polar surface area (TPSA) is 29.0 Å². The van der Waals surface area contributed by atoms with E-state index in [2.05, 4.69) is 26.1 Å². The van der Waals surface area contributed by atoms with Gasteiger partial charge in [0.2, 0.25) is 5.13 Å². The van der Waals surface area contributed by atoms with E-state index in [-0.39, 0.29) is 5.82 Å². The standard InChI is InChI=1S/C10H9BrFN3S/c1-2-15(10-14-13-9(11)16-10)8-5-3-7(12)4-6-8/h3-6H,2H2,1H3. The highest BCUT2D eigenvalue weighted by molar-refractivity contribution is 9.11. The van der Waals surface area contributed by atoms with Crippen molar-refractivity contribution >= 4 is 38.1 Å². The van der Waals surface area contributed by atoms with Crippen molar-refractivity contribution in [3.05, 3.63) is 34.0 Å². The van der Waals surface area contributed by atoms with Gasteiger partial charge in [-0.05, 0) is 47.1 Å². The van der Waals surface area contributed by atoms with Gasteiger partial charge in [-0.1, -0.05) is 11.3 Å². The monoisotopic (exact) mass is 301 g/mol. The molecular weight excluding hydrogens is 293 g/mol. The van der Waals surface area contributed by atoms with Gasteiger partial charge in [0.15, 0.2) is 3.92 Å². The Morgan fingerprint density at radius 1 is 1.31 bits per heavy atom. The lowest BCUT2D eigenvalue weighted by Crippen LogP contribution is -2.15. The molecule has 2 aromatic rings. The first-order valence-electron chi connectivity index (χ1n) is 4.73. The van der Waals surface area contributed by atoms with Gasteiger partial charge in [-0.3, -0.25) is 0 Å². The SMILES string of the molecule is CCN(c1ccc(F)cc1)c1nnc(Br)s1. The molecule has 6 heteroatoms. The molecule has 0 atom stereocenters. The molecule has 0 spiro atoms. The van der Waals surface area contributed by atoms with Crippen LogP contribution in [0.2, 0.25) is 0 Å². The van der Waals surface area contributed by atoms with Crippen molar-refractivity contribution in [3.8, 4) is 0 Å². The molecule has 1 aromatic heterocycles. The maximum atomic E-state index is 12.8. The summed E-state index contributed by atoms with van der Waals surface area (Å²) in [7, 11) is 0. The second-order valence-electron chi connectivity index (χ2n) is 3.06. The molecule has 0 aliphatic heterocycles. The van der Waals surface area contributed by atoms with Crippen LogP contribution in [0.4, 0.5) is 15.2 Å². The van der Waals surface area contributed by atoms with Gasteiger partial charge in [0, 0.05) is 12.2 Å². The Kier molecular flexibility index (Phi) is 3.50. The van der Waals surface area contributed by atoms with Crippen molar-refractivity contribution in [1.82, 2.24) is 10.2 Å². The van der Waals surface area contributed by atoms with Crippen LogP contribution in [0.1, 0.15) is 6.92 Å². The van der Waals surface area contributed by atoms with Crippen molar-refractivity contribution < 1.29 is 4.39 Å². The van der Waals surface area contributed by atoms with Gasteiger partial charge in [0.25, 0.3) is 0 Å². The minimum absolute atomic E-state index is 0.238. The molecule has 1 aromatic carbocycles. The van der Waals surface area contributed by atoms with E-state index >= 15 is 0 Å². The fourth-order valence-electron chi connectivity index (χ4n) is 1.36. The molecule has 0 radical (unpaired) electrons. The smallest absolute Gasteiger partial charge is 0.213 e. The van der Waals surface area contributed by atoms with Gasteiger partial charge < -0.3 is 4.90 Å². The van der Waals surface area contributed by atoms with Gasteiger partial charge in [0.05, 0.1) is 0 Å². The van der Waals surface area contributed by atoms with Crippen LogP contribution in [0.15, 0.2) is 28.2 Å². The predicted molar refractivity (Wildman–Crippen MR) is 66.7 cm³/mol. The number of aromatic nitrogens is 2. The summed E-state index contributed by atoms with van der Waals surface area (Å²) in [6.45, 7) is 2.77. The zero-order valence-electron chi connectivity index (χ0n) is 8.52. The number of nitrogens with zero attached hydrogens (tertiary/aromatic N) is 3. The van der Waals surface area contributed by atoms with E-state index in [1.807, 2.05) is 11.8 Å². The third-order valence-corrected chi connectivity index (χ3v) is 3.45. The highest BCUT2D eigenvalue weighted by Gasteiger charge is 2.11. The summed E-state index contributed by atoms with van der Waals surface area (Å²) in [5.41, 5.74) is 0.910. The quantitative estimate of drug-likeness (QED) is 0.867. The molecule has 3 nitrogen and oxygen atoms in total. The molecule has 2 rings (SSSR count). The summed E-state index contributed by atoms with van der Waals surface area (Å²) in [4.78, 5) is 1.97. The Bertz CT molecular complexity index is 471. The molecule has 0 saturated heterocycles. The van der Waals surface area contributed by atoms with Gasteiger partial charge in [-0.2, -0.15) is 0 Å². The van der Waals surface area contributed by atoms with Crippen molar-refractivity contribution in [2.45, 2.75) is 6.92 Å². The average molecular weight is 302 g/mol. The highest BCUT2D eigenvalue weighted by atomic mass is 79.9. The van der Waals surface area contributed by atoms with Gasteiger partial charge in [-0.25, -0.2) is 4.39 Å². The van der Waals surface area contributed by atoms with E-state index < -0.39 is 0 Å². The van der Waals surface area contributed by atoms with Crippen LogP contribution in [-0.2, 0) is 0 Å². The summed E-state index contributed by atoms with van der Waals surface area (Å²) < 4.78 is 13.5. The summed E-state index contributed by atoms with van der Waals surface area (Å²) in [5, 5.41) is 8.73. The molecule has 0 amide bonds. The molecule has 0 fully saturated rings. The molecule has 1 heterocycles. The average Bonchev–Trinajstić information content (AvgIpc) is 2.69. The van der Waals surface area contributed by atoms with Gasteiger partial charge in [0.1, 0.15) is 5.82 Å². The maximum absolute atomic E-state index is 12.8. The first kappa shape index (κ1) is 11.5. The number of halogens is 2. The second kappa shape index (κ2) is 4.88. The number of hydrogen-bond donors (Lipinski definition) is 0. The number of hydrogen-bond acceptors (Lipinski definition) is 4. The normalized spacial score (nSPS) is 10.4. The van der Waals surface area contributed by atoms with E-state index in [1.54, 1.807) is 12.1 Å². The molecule has 84 valence electrons. The van der Waals surface area contributed by atoms with E-state index in [4.69, 9.17) is 0 Å². The Morgan fingerprint density at radius 2 is 2.00 bits per heavy atom. The largest absolute Gasteiger partial charge is 0.317 e. The lowest BCUT2D eigenvalue weighted by Gasteiger charge is -2.18. The van der Waals surface area contributed by atoms with Crippen LogP contribution in [0, 0.1) is 5.82 Å². The minimum Gasteiger partial charge on any atom is -0.317 e. The van der Waals surface area contributed by atoms with Crippen LogP contribution in [0.25, 0.3) is 0 Å². The van der Waals surface area contributed by atoms with Crippen LogP contribution in [0.3, 0.4) is 0 Å². The Balaban J connectivity index is 2.32. The van der Waals surface area contributed by atoms with Crippen molar-refractivity contribution in [2.24, 2.45) is 0 Å². The first-order chi connectivity index (χ1) is 7.70. The second-order valence-corrected chi connectivity index (χ2v) is 5.29. The molecule has 0 N–H and O–H groups in total. The van der Waals surface area contributed by atoms with Gasteiger partial charge in [-0.15, -0.1) is 10.2 Å². The molecule has 0 saturated carbocycles. The Morgan fingerprint density at radius 3 is 2.50 bits per heavy atom. The maximum Gasteiger partial charge on any atom is 0.213 e. The van der Waals surface area contributed by atoms with Crippen molar-refractivity contribution in [2.75, 3.05) is 11.4 Å². The fraction of sp³-hybridized carbons (Fsp3) is 0.200. The number of benzene rings is 1. The minimum atomic E-state index is -0.238. The van der Waals surface area contributed by atoms with Crippen molar-refractivity contribution in [1.29, 1.82) is 0 Å². The highest BCUT2D eigenvalue weighted by Crippen LogP contribution is 2.29. The summed E-state index contributed by atoms with van der Waals surface area (Å²) in [5.74, 6) is -0.238. The van der Waals surface area contributed by atoms with E-state index in [1.165, 1.54) is 23.5 Å². The van der Waals surface area contributed by atoms with E-state index in [0.717, 1.165) is 21.3 Å². The van der Waals surface area contributed by atoms with Gasteiger partial charge >= 0.3 is 0 Å². The predicted octanol–water partition coefficient (Wildman–Crippen LogP) is 3.60. The molecule has 0 aliphatic carbocycles. The van der Waals surface area contributed by atoms with Crippen LogP contribution < -0.4 is 4.90 Å². The van der Waals surface area contributed by atoms with E-state index in [0.29, 0.717) is 0 Å². The molecule has 16 heavy (non-hydrogen) atoms. The summed E-state index contributed by atoms with van der Waals surface area (Å²) >= 11 is 4.72. The summed E-state index contributed by atoms with van der Waals surface area (Å²) in [6.07, 6.45) is 0. The third kappa shape index (κ3) is 2.38. The first-order valence-corrected chi connectivity index (χ1v) is 6.33. The fourth-order valence-corrected chi connectivity index (χ4v) is 2.53. The Hall–Kier alpha value is -1.01. The lowest BCUT2D eigenvalue weighted by atomic mass is 10.3. The van der Waals surface area contributed by atoms with E-state index in [9.17, 15) is 4.39 Å². The molecule has 0 aliphatic rings. The van der Waals surface area contributed by atoms with Crippen LogP contribution in [0.5, 0.6) is 0 Å². The zero-order valence-corrected chi connectivity index (χ0v) is 10.9. The Labute approximate surface area is 105 Å². The molecular formula is C10H9BrFN3S. The van der Waals surface area contributed by atoms with Crippen LogP contribution >= 0.6 is 27.3 Å². The number of rotatable bonds is 3.